The van der Waals surface area contributed by atoms with Crippen LogP contribution in [-0.4, -0.2) is 59.3 Å². The molecule has 40 heavy (non-hydrogen) atoms. The molecule has 8 nitrogen and oxygen atoms in total. The van der Waals surface area contributed by atoms with Crippen molar-refractivity contribution in [2.45, 2.75) is 57.9 Å². The summed E-state index contributed by atoms with van der Waals surface area (Å²) in [7, 11) is 0. The first kappa shape index (κ1) is 28.8. The smallest absolute Gasteiger partial charge is 0.407 e. The Labute approximate surface area is 234 Å². The van der Waals surface area contributed by atoms with Crippen molar-refractivity contribution in [1.82, 2.24) is 10.2 Å². The van der Waals surface area contributed by atoms with Gasteiger partial charge in [-0.1, -0.05) is 85.8 Å². The van der Waals surface area contributed by atoms with Crippen LogP contribution in [-0.2, 0) is 25.7 Å². The van der Waals surface area contributed by atoms with Gasteiger partial charge in [0.1, 0.15) is 19.2 Å². The highest BCUT2D eigenvalue weighted by molar-refractivity contribution is 5.89. The molecule has 3 aromatic carbocycles. The highest BCUT2D eigenvalue weighted by atomic mass is 16.5. The average molecular weight is 545 g/mol. The molecule has 0 fully saturated rings. The summed E-state index contributed by atoms with van der Waals surface area (Å²) in [6, 6.07) is 24.0. The van der Waals surface area contributed by atoms with Crippen LogP contribution in [0.15, 0.2) is 78.9 Å². The maximum absolute atomic E-state index is 13.7. The van der Waals surface area contributed by atoms with E-state index in [-0.39, 0.29) is 25.2 Å². The third kappa shape index (κ3) is 6.69. The highest BCUT2D eigenvalue weighted by Crippen LogP contribution is 2.44. The molecule has 3 atom stereocenters. The zero-order chi connectivity index (χ0) is 28.6. The largest absolute Gasteiger partial charge is 0.480 e. The van der Waals surface area contributed by atoms with Gasteiger partial charge in [-0.2, -0.15) is 0 Å². The van der Waals surface area contributed by atoms with E-state index in [4.69, 9.17) is 9.47 Å². The lowest BCUT2D eigenvalue weighted by atomic mass is 9.98. The van der Waals surface area contributed by atoms with Crippen molar-refractivity contribution in [3.63, 3.8) is 0 Å². The maximum atomic E-state index is 13.7. The van der Waals surface area contributed by atoms with Crippen LogP contribution < -0.4 is 5.32 Å². The summed E-state index contributed by atoms with van der Waals surface area (Å²) in [5.41, 5.74) is 5.29. The number of nitrogens with zero attached hydrogens (tertiary/aromatic N) is 1. The standard InChI is InChI=1S/C32H36N2O6/c1-4-21(2)34(18-29(35)36)31(37)30(22(3)39-19-23-12-6-5-7-13-23)33-32(38)40-20-28-26-16-10-8-14-24(26)25-15-9-11-17-27(25)28/h5-17,21-22,28,30H,4,18-20H2,1-3H3,(H,33,38)(H,35,36)/t21?,22-,30+/m0/s1. The van der Waals surface area contributed by atoms with Crippen molar-refractivity contribution in [2.24, 2.45) is 0 Å². The molecule has 8 heteroatoms. The normalized spacial score (nSPS) is 14.4. The van der Waals surface area contributed by atoms with Gasteiger partial charge in [0.15, 0.2) is 0 Å². The Bertz CT molecular complexity index is 1280. The Balaban J connectivity index is 1.50. The number of rotatable bonds is 12. The molecule has 4 rings (SSSR count). The average Bonchev–Trinajstić information content (AvgIpc) is 3.29. The van der Waals surface area contributed by atoms with Crippen LogP contribution >= 0.6 is 0 Å². The van der Waals surface area contributed by atoms with Crippen molar-refractivity contribution >= 4 is 18.0 Å². The molecule has 1 aliphatic rings. The number of ether oxygens (including phenoxy) is 2. The molecular weight excluding hydrogens is 508 g/mol. The predicted octanol–water partition coefficient (Wildman–Crippen LogP) is 5.21. The van der Waals surface area contributed by atoms with E-state index in [1.165, 1.54) is 4.90 Å². The van der Waals surface area contributed by atoms with Crippen molar-refractivity contribution in [2.75, 3.05) is 13.2 Å². The highest BCUT2D eigenvalue weighted by Gasteiger charge is 2.35. The second kappa shape index (κ2) is 13.3. The molecule has 0 heterocycles. The summed E-state index contributed by atoms with van der Waals surface area (Å²) in [5.74, 6) is -1.81. The SMILES string of the molecule is CCC(C)N(CC(=O)O)C(=O)[C@H](NC(=O)OCC1c2ccccc2-c2ccccc21)[C@H](C)OCc1ccccc1. The quantitative estimate of drug-likeness (QED) is 0.324. The maximum Gasteiger partial charge on any atom is 0.407 e. The molecule has 0 aliphatic heterocycles. The number of benzene rings is 3. The van der Waals surface area contributed by atoms with Gasteiger partial charge >= 0.3 is 12.1 Å². The van der Waals surface area contributed by atoms with Gasteiger partial charge in [-0.15, -0.1) is 0 Å². The molecule has 0 saturated heterocycles. The second-order valence-corrected chi connectivity index (χ2v) is 10.1. The minimum absolute atomic E-state index is 0.0875. The van der Waals surface area contributed by atoms with Crippen LogP contribution in [0.2, 0.25) is 0 Å². The van der Waals surface area contributed by atoms with Crippen molar-refractivity contribution in [3.05, 3.63) is 95.6 Å². The molecule has 2 amide bonds. The zero-order valence-corrected chi connectivity index (χ0v) is 23.1. The van der Waals surface area contributed by atoms with Gasteiger partial charge in [-0.25, -0.2) is 4.79 Å². The summed E-state index contributed by atoms with van der Waals surface area (Å²) in [6.45, 7) is 5.16. The summed E-state index contributed by atoms with van der Waals surface area (Å²) in [6.07, 6.45) is -0.973. The molecule has 0 saturated carbocycles. The van der Waals surface area contributed by atoms with Gasteiger partial charge in [0.25, 0.3) is 0 Å². The summed E-state index contributed by atoms with van der Waals surface area (Å²) >= 11 is 0. The van der Waals surface area contributed by atoms with E-state index >= 15 is 0 Å². The minimum atomic E-state index is -1.15. The van der Waals surface area contributed by atoms with E-state index in [2.05, 4.69) is 17.4 Å². The third-order valence-electron chi connectivity index (χ3n) is 7.42. The van der Waals surface area contributed by atoms with Crippen LogP contribution in [0.4, 0.5) is 4.79 Å². The molecule has 1 aliphatic carbocycles. The van der Waals surface area contributed by atoms with Crippen LogP contribution in [0.5, 0.6) is 0 Å². The Morgan fingerprint density at radius 3 is 2.05 bits per heavy atom. The number of nitrogens with one attached hydrogen (secondary N) is 1. The molecule has 210 valence electrons. The first-order valence-electron chi connectivity index (χ1n) is 13.6. The van der Waals surface area contributed by atoms with Gasteiger partial charge in [-0.05, 0) is 48.1 Å². The number of alkyl carbamates (subject to hydrolysis) is 1. The van der Waals surface area contributed by atoms with Gasteiger partial charge in [0, 0.05) is 12.0 Å². The Morgan fingerprint density at radius 2 is 1.48 bits per heavy atom. The number of carbonyl (C=O) groups excluding carboxylic acids is 2. The summed E-state index contributed by atoms with van der Waals surface area (Å²) in [4.78, 5) is 39.6. The molecular formula is C32H36N2O6. The third-order valence-corrected chi connectivity index (χ3v) is 7.42. The van der Waals surface area contributed by atoms with Crippen LogP contribution in [0.25, 0.3) is 11.1 Å². The molecule has 0 bridgehead atoms. The van der Waals surface area contributed by atoms with Crippen molar-refractivity contribution < 1.29 is 29.0 Å². The fraction of sp³-hybridized carbons (Fsp3) is 0.344. The molecule has 0 radical (unpaired) electrons. The minimum Gasteiger partial charge on any atom is -0.480 e. The molecule has 2 N–H and O–H groups in total. The van der Waals surface area contributed by atoms with Crippen LogP contribution in [0.1, 0.15) is 49.8 Å². The summed E-state index contributed by atoms with van der Waals surface area (Å²) < 4.78 is 11.7. The first-order chi connectivity index (χ1) is 19.3. The van der Waals surface area contributed by atoms with E-state index < -0.39 is 36.7 Å². The second-order valence-electron chi connectivity index (χ2n) is 10.1. The number of carbonyl (C=O) groups is 3. The van der Waals surface area contributed by atoms with Crippen LogP contribution in [0, 0.1) is 0 Å². The van der Waals surface area contributed by atoms with Gasteiger partial charge in [0.05, 0.1) is 12.7 Å². The van der Waals surface area contributed by atoms with Crippen LogP contribution in [0.3, 0.4) is 0 Å². The Hall–Kier alpha value is -4.17. The van der Waals surface area contributed by atoms with E-state index in [1.54, 1.807) is 13.8 Å². The lowest BCUT2D eigenvalue weighted by molar-refractivity contribution is -0.149. The number of fused-ring (bicyclic) bond motifs is 3. The Kier molecular flexibility index (Phi) is 9.56. The number of amides is 2. The van der Waals surface area contributed by atoms with Gasteiger partial charge in [0.2, 0.25) is 5.91 Å². The molecule has 0 aromatic heterocycles. The monoisotopic (exact) mass is 544 g/mol. The summed E-state index contributed by atoms with van der Waals surface area (Å²) in [5, 5.41) is 12.1. The lowest BCUT2D eigenvalue weighted by Crippen LogP contribution is -2.57. The van der Waals surface area contributed by atoms with E-state index in [0.29, 0.717) is 6.42 Å². The predicted molar refractivity (Wildman–Crippen MR) is 152 cm³/mol. The first-order valence-corrected chi connectivity index (χ1v) is 13.6. The van der Waals surface area contributed by atoms with E-state index in [1.807, 2.05) is 73.7 Å². The number of carboxylic acid groups (broad SMARTS) is 1. The molecule has 0 spiro atoms. The number of aliphatic carboxylic acids is 1. The van der Waals surface area contributed by atoms with Crippen molar-refractivity contribution in [3.8, 4) is 11.1 Å². The van der Waals surface area contributed by atoms with Gasteiger partial charge in [-0.3, -0.25) is 9.59 Å². The van der Waals surface area contributed by atoms with E-state index in [9.17, 15) is 19.5 Å². The van der Waals surface area contributed by atoms with Crippen molar-refractivity contribution in [1.29, 1.82) is 0 Å². The zero-order valence-electron chi connectivity index (χ0n) is 23.1. The number of hydrogen-bond donors (Lipinski definition) is 2. The fourth-order valence-corrected chi connectivity index (χ4v) is 5.04. The molecule has 1 unspecified atom stereocenters. The molecule has 3 aromatic rings. The topological polar surface area (TPSA) is 105 Å². The Morgan fingerprint density at radius 1 is 0.900 bits per heavy atom. The number of hydrogen-bond acceptors (Lipinski definition) is 5. The fourth-order valence-electron chi connectivity index (χ4n) is 5.04. The van der Waals surface area contributed by atoms with E-state index in [0.717, 1.165) is 27.8 Å². The van der Waals surface area contributed by atoms with Gasteiger partial charge < -0.3 is 24.8 Å². The lowest BCUT2D eigenvalue weighted by Gasteiger charge is -2.33. The number of carboxylic acids is 1.